The number of rotatable bonds is 3. The van der Waals surface area contributed by atoms with Crippen LogP contribution in [0, 0.1) is 0 Å². The molecule has 0 aromatic heterocycles. The third-order valence-corrected chi connectivity index (χ3v) is 6.43. The minimum Gasteiger partial charge on any atom is -0.454 e. The van der Waals surface area contributed by atoms with Crippen LogP contribution in [0.2, 0.25) is 13.1 Å². The Labute approximate surface area is 120 Å². The lowest BCUT2D eigenvalue weighted by molar-refractivity contribution is 0.174. The van der Waals surface area contributed by atoms with Crippen molar-refractivity contribution in [2.24, 2.45) is 0 Å². The standard InChI is InChI=1S/C17H18O2Si/c1-20(2,15-6-4-3-5-7-15)11-10-14-8-9-16-17(12-14)19-13-18-16/h3-12H,13H2,1-2H3. The van der Waals surface area contributed by atoms with E-state index in [2.05, 4.69) is 61.3 Å². The minimum atomic E-state index is -1.54. The maximum atomic E-state index is 5.41. The number of hydrogen-bond acceptors (Lipinski definition) is 2. The van der Waals surface area contributed by atoms with Crippen LogP contribution < -0.4 is 14.7 Å². The van der Waals surface area contributed by atoms with Crippen LogP contribution in [-0.4, -0.2) is 14.9 Å². The topological polar surface area (TPSA) is 18.5 Å². The molecule has 0 saturated carbocycles. The van der Waals surface area contributed by atoms with E-state index in [4.69, 9.17) is 9.47 Å². The second-order valence-electron chi connectivity index (χ2n) is 5.53. The Bertz CT molecular complexity index is 633. The average molecular weight is 282 g/mol. The molecule has 0 amide bonds. The molecule has 0 N–H and O–H groups in total. The lowest BCUT2D eigenvalue weighted by Crippen LogP contribution is -2.39. The molecule has 0 saturated heterocycles. The summed E-state index contributed by atoms with van der Waals surface area (Å²) in [4.78, 5) is 0. The number of ether oxygens (including phenoxy) is 2. The van der Waals surface area contributed by atoms with Crippen LogP contribution in [0.1, 0.15) is 5.56 Å². The van der Waals surface area contributed by atoms with Crippen molar-refractivity contribution in [1.82, 2.24) is 0 Å². The molecular weight excluding hydrogens is 264 g/mol. The monoisotopic (exact) mass is 282 g/mol. The predicted molar refractivity (Wildman–Crippen MR) is 85.2 cm³/mol. The second kappa shape index (κ2) is 5.17. The molecule has 3 heteroatoms. The summed E-state index contributed by atoms with van der Waals surface area (Å²) in [6.07, 6.45) is 2.20. The highest BCUT2D eigenvalue weighted by molar-refractivity contribution is 6.94. The SMILES string of the molecule is C[Si](C)(C=Cc1ccc2c(c1)OCO2)c1ccccc1. The van der Waals surface area contributed by atoms with Gasteiger partial charge in [0, 0.05) is 0 Å². The van der Waals surface area contributed by atoms with Gasteiger partial charge >= 0.3 is 0 Å². The summed E-state index contributed by atoms with van der Waals surface area (Å²) in [5.41, 5.74) is 3.52. The van der Waals surface area contributed by atoms with Gasteiger partial charge < -0.3 is 9.47 Å². The summed E-state index contributed by atoms with van der Waals surface area (Å²) in [5.74, 6) is 1.67. The number of hydrogen-bond donors (Lipinski definition) is 0. The third-order valence-electron chi connectivity index (χ3n) is 3.61. The van der Waals surface area contributed by atoms with Crippen LogP contribution >= 0.6 is 0 Å². The summed E-state index contributed by atoms with van der Waals surface area (Å²) >= 11 is 0. The lowest BCUT2D eigenvalue weighted by Gasteiger charge is -2.18. The van der Waals surface area contributed by atoms with Crippen LogP contribution in [0.3, 0.4) is 0 Å². The van der Waals surface area contributed by atoms with E-state index in [1.54, 1.807) is 0 Å². The van der Waals surface area contributed by atoms with Crippen molar-refractivity contribution < 1.29 is 9.47 Å². The Morgan fingerprint density at radius 3 is 2.50 bits per heavy atom. The van der Waals surface area contributed by atoms with Gasteiger partial charge in [0.05, 0.1) is 0 Å². The first-order valence-corrected chi connectivity index (χ1v) is 9.87. The normalized spacial score (nSPS) is 13.9. The van der Waals surface area contributed by atoms with E-state index >= 15 is 0 Å². The van der Waals surface area contributed by atoms with E-state index in [-0.39, 0.29) is 0 Å². The molecule has 0 fully saturated rings. The van der Waals surface area contributed by atoms with Crippen molar-refractivity contribution in [3.05, 3.63) is 59.8 Å². The average Bonchev–Trinajstić information content (AvgIpc) is 2.94. The van der Waals surface area contributed by atoms with Crippen molar-refractivity contribution in [2.45, 2.75) is 13.1 Å². The molecule has 0 unspecified atom stereocenters. The Morgan fingerprint density at radius 1 is 0.950 bits per heavy atom. The van der Waals surface area contributed by atoms with Crippen LogP contribution in [-0.2, 0) is 0 Å². The van der Waals surface area contributed by atoms with Gasteiger partial charge in [-0.2, -0.15) is 0 Å². The van der Waals surface area contributed by atoms with E-state index in [1.165, 1.54) is 5.19 Å². The fraction of sp³-hybridized carbons (Fsp3) is 0.176. The number of fused-ring (bicyclic) bond motifs is 1. The third kappa shape index (κ3) is 2.63. The Kier molecular flexibility index (Phi) is 3.36. The van der Waals surface area contributed by atoms with Crippen molar-refractivity contribution in [3.63, 3.8) is 0 Å². The van der Waals surface area contributed by atoms with Gasteiger partial charge in [0.15, 0.2) is 11.5 Å². The van der Waals surface area contributed by atoms with Gasteiger partial charge in [0.25, 0.3) is 0 Å². The molecule has 2 nitrogen and oxygen atoms in total. The van der Waals surface area contributed by atoms with Crippen molar-refractivity contribution >= 4 is 19.3 Å². The highest BCUT2D eigenvalue weighted by atomic mass is 28.3. The number of benzene rings is 2. The zero-order valence-electron chi connectivity index (χ0n) is 11.8. The Hall–Kier alpha value is -2.00. The molecular formula is C17H18O2Si. The minimum absolute atomic E-state index is 0.326. The largest absolute Gasteiger partial charge is 0.454 e. The molecule has 1 heterocycles. The van der Waals surface area contributed by atoms with E-state index in [9.17, 15) is 0 Å². The Morgan fingerprint density at radius 2 is 1.70 bits per heavy atom. The van der Waals surface area contributed by atoms with E-state index in [0.29, 0.717) is 6.79 Å². The zero-order valence-corrected chi connectivity index (χ0v) is 12.8. The fourth-order valence-corrected chi connectivity index (χ4v) is 4.14. The van der Waals surface area contributed by atoms with Crippen molar-refractivity contribution in [3.8, 4) is 11.5 Å². The summed E-state index contributed by atoms with van der Waals surface area (Å²) < 4.78 is 10.7. The predicted octanol–water partition coefficient (Wildman–Crippen LogP) is 3.58. The fourth-order valence-electron chi connectivity index (χ4n) is 2.29. The first-order chi connectivity index (χ1) is 9.65. The van der Waals surface area contributed by atoms with Gasteiger partial charge in [-0.3, -0.25) is 0 Å². The van der Waals surface area contributed by atoms with Crippen LogP contribution in [0.25, 0.3) is 6.08 Å². The van der Waals surface area contributed by atoms with Gasteiger partial charge in [0.1, 0.15) is 8.07 Å². The maximum absolute atomic E-state index is 5.41. The molecule has 1 aliphatic rings. The van der Waals surface area contributed by atoms with Gasteiger partial charge in [-0.1, -0.05) is 66.5 Å². The first kappa shape index (κ1) is 13.0. The molecule has 1 aliphatic heterocycles. The van der Waals surface area contributed by atoms with Crippen LogP contribution in [0.5, 0.6) is 11.5 Å². The molecule has 0 atom stereocenters. The molecule has 102 valence electrons. The van der Waals surface area contributed by atoms with Gasteiger partial charge in [-0.05, 0) is 17.7 Å². The quantitative estimate of drug-likeness (QED) is 0.801. The van der Waals surface area contributed by atoms with Crippen LogP contribution in [0.15, 0.2) is 54.2 Å². The molecule has 0 bridgehead atoms. The first-order valence-electron chi connectivity index (χ1n) is 6.79. The van der Waals surface area contributed by atoms with E-state index in [0.717, 1.165) is 17.1 Å². The molecule has 0 aliphatic carbocycles. The molecule has 0 radical (unpaired) electrons. The molecule has 20 heavy (non-hydrogen) atoms. The summed E-state index contributed by atoms with van der Waals surface area (Å²) in [7, 11) is -1.54. The highest BCUT2D eigenvalue weighted by Gasteiger charge is 2.19. The summed E-state index contributed by atoms with van der Waals surface area (Å²) in [6.45, 7) is 5.03. The van der Waals surface area contributed by atoms with Crippen molar-refractivity contribution in [1.29, 1.82) is 0 Å². The maximum Gasteiger partial charge on any atom is 0.231 e. The Balaban J connectivity index is 1.83. The zero-order chi connectivity index (χ0) is 14.0. The van der Waals surface area contributed by atoms with Gasteiger partial charge in [-0.25, -0.2) is 0 Å². The second-order valence-corrected chi connectivity index (χ2v) is 9.89. The lowest BCUT2D eigenvalue weighted by atomic mass is 10.2. The van der Waals surface area contributed by atoms with Gasteiger partial charge in [0.2, 0.25) is 6.79 Å². The molecule has 2 aromatic rings. The summed E-state index contributed by atoms with van der Waals surface area (Å²) in [6, 6.07) is 16.8. The smallest absolute Gasteiger partial charge is 0.231 e. The van der Waals surface area contributed by atoms with Crippen molar-refractivity contribution in [2.75, 3.05) is 6.79 Å². The van der Waals surface area contributed by atoms with Gasteiger partial charge in [-0.15, -0.1) is 0 Å². The van der Waals surface area contributed by atoms with Crippen LogP contribution in [0.4, 0.5) is 0 Å². The summed E-state index contributed by atoms with van der Waals surface area (Å²) in [5, 5.41) is 1.44. The van der Waals surface area contributed by atoms with E-state index in [1.807, 2.05) is 12.1 Å². The van der Waals surface area contributed by atoms with E-state index < -0.39 is 8.07 Å². The molecule has 0 spiro atoms. The molecule has 2 aromatic carbocycles. The molecule has 3 rings (SSSR count). The highest BCUT2D eigenvalue weighted by Crippen LogP contribution is 2.32.